The van der Waals surface area contributed by atoms with Crippen LogP contribution in [0, 0.1) is 5.92 Å². The van der Waals surface area contributed by atoms with Crippen molar-refractivity contribution < 1.29 is 4.79 Å². The summed E-state index contributed by atoms with van der Waals surface area (Å²) in [6, 6.07) is 8.99. The summed E-state index contributed by atoms with van der Waals surface area (Å²) in [6.07, 6.45) is 6.88. The monoisotopic (exact) mass is 276 g/mol. The summed E-state index contributed by atoms with van der Waals surface area (Å²) >= 11 is 2.02. The van der Waals surface area contributed by atoms with Crippen molar-refractivity contribution in [1.29, 1.82) is 0 Å². The lowest BCUT2D eigenvalue weighted by molar-refractivity contribution is -0.118. The maximum atomic E-state index is 11.1. The molecule has 0 heterocycles. The second-order valence-corrected chi connectivity index (χ2v) is 7.04. The normalized spacial score (nSPS) is 23.3. The molecule has 0 amide bonds. The summed E-state index contributed by atoms with van der Waals surface area (Å²) in [5.74, 6) is 1.00. The van der Waals surface area contributed by atoms with Crippen molar-refractivity contribution in [3.63, 3.8) is 0 Å². The number of rotatable bonds is 5. The van der Waals surface area contributed by atoms with Gasteiger partial charge in [0.1, 0.15) is 5.78 Å². The van der Waals surface area contributed by atoms with E-state index in [4.69, 9.17) is 0 Å². The Morgan fingerprint density at radius 3 is 2.32 bits per heavy atom. The van der Waals surface area contributed by atoms with Crippen molar-refractivity contribution in [2.45, 2.75) is 62.5 Å². The summed E-state index contributed by atoms with van der Waals surface area (Å²) in [6.45, 7) is 3.91. The minimum Gasteiger partial charge on any atom is -0.300 e. The van der Waals surface area contributed by atoms with E-state index in [1.54, 1.807) is 6.92 Å². The number of ketones is 1. The van der Waals surface area contributed by atoms with Gasteiger partial charge in [-0.3, -0.25) is 0 Å². The van der Waals surface area contributed by atoms with Crippen LogP contribution in [0.3, 0.4) is 0 Å². The van der Waals surface area contributed by atoms with E-state index in [2.05, 4.69) is 31.2 Å². The molecule has 0 aliphatic heterocycles. The second kappa shape index (κ2) is 7.14. The van der Waals surface area contributed by atoms with Gasteiger partial charge in [0.25, 0.3) is 0 Å². The maximum absolute atomic E-state index is 11.1. The summed E-state index contributed by atoms with van der Waals surface area (Å²) in [7, 11) is 0. The van der Waals surface area contributed by atoms with Crippen LogP contribution in [0.15, 0.2) is 29.2 Å². The Hall–Kier alpha value is -0.760. The highest BCUT2D eigenvalue weighted by Gasteiger charge is 2.22. The molecule has 0 atom stereocenters. The smallest absolute Gasteiger partial charge is 0.130 e. The molecule has 0 aromatic heterocycles. The van der Waals surface area contributed by atoms with Gasteiger partial charge in [-0.15, -0.1) is 11.8 Å². The molecule has 2 rings (SSSR count). The van der Waals surface area contributed by atoms with Gasteiger partial charge in [0.15, 0.2) is 0 Å². The fourth-order valence-corrected chi connectivity index (χ4v) is 4.04. The van der Waals surface area contributed by atoms with Crippen molar-refractivity contribution in [2.24, 2.45) is 5.92 Å². The van der Waals surface area contributed by atoms with Gasteiger partial charge >= 0.3 is 0 Å². The minimum atomic E-state index is 0.353. The first-order valence-corrected chi connectivity index (χ1v) is 8.30. The van der Waals surface area contributed by atoms with E-state index in [9.17, 15) is 4.79 Å². The SMILES string of the molecule is CCc1ccc(SC2CCC(CC(C)=O)CC2)cc1. The number of carbonyl (C=O) groups excluding carboxylic acids is 1. The van der Waals surface area contributed by atoms with Crippen LogP contribution < -0.4 is 0 Å². The molecule has 1 saturated carbocycles. The molecule has 0 spiro atoms. The third kappa shape index (κ3) is 4.68. The van der Waals surface area contributed by atoms with E-state index in [1.807, 2.05) is 11.8 Å². The van der Waals surface area contributed by atoms with Crippen molar-refractivity contribution in [1.82, 2.24) is 0 Å². The van der Waals surface area contributed by atoms with Gasteiger partial charge in [-0.25, -0.2) is 0 Å². The molecule has 19 heavy (non-hydrogen) atoms. The van der Waals surface area contributed by atoms with Crippen LogP contribution in [0.25, 0.3) is 0 Å². The lowest BCUT2D eigenvalue weighted by Gasteiger charge is -2.27. The fourth-order valence-electron chi connectivity index (χ4n) is 2.86. The summed E-state index contributed by atoms with van der Waals surface area (Å²) < 4.78 is 0. The highest BCUT2D eigenvalue weighted by molar-refractivity contribution is 8.00. The van der Waals surface area contributed by atoms with Gasteiger partial charge in [-0.05, 0) is 62.6 Å². The molecule has 1 nitrogen and oxygen atoms in total. The van der Waals surface area contributed by atoms with Gasteiger partial charge in [0.05, 0.1) is 0 Å². The van der Waals surface area contributed by atoms with Crippen molar-refractivity contribution in [2.75, 3.05) is 0 Å². The number of hydrogen-bond donors (Lipinski definition) is 0. The topological polar surface area (TPSA) is 17.1 Å². The molecular weight excluding hydrogens is 252 g/mol. The van der Waals surface area contributed by atoms with Crippen LogP contribution in [0.5, 0.6) is 0 Å². The Bertz CT molecular complexity index is 402. The molecule has 0 radical (unpaired) electrons. The van der Waals surface area contributed by atoms with Gasteiger partial charge < -0.3 is 4.79 Å². The van der Waals surface area contributed by atoms with Crippen molar-refractivity contribution >= 4 is 17.5 Å². The molecule has 104 valence electrons. The average molecular weight is 276 g/mol. The summed E-state index contributed by atoms with van der Waals surface area (Å²) in [4.78, 5) is 12.5. The number of Topliss-reactive ketones (excluding diaryl/α,β-unsaturated/α-hetero) is 1. The Morgan fingerprint density at radius 1 is 1.16 bits per heavy atom. The van der Waals surface area contributed by atoms with Gasteiger partial charge in [0.2, 0.25) is 0 Å². The standard InChI is InChI=1S/C17H24OS/c1-3-14-4-8-16(9-5-14)19-17-10-6-15(7-11-17)12-13(2)18/h4-5,8-9,15,17H,3,6-7,10-12H2,1-2H3. The Labute approximate surface area is 121 Å². The predicted octanol–water partition coefficient (Wildman–Crippen LogP) is 4.88. The highest BCUT2D eigenvalue weighted by atomic mass is 32.2. The fraction of sp³-hybridized carbons (Fsp3) is 0.588. The van der Waals surface area contributed by atoms with E-state index in [1.165, 1.54) is 36.1 Å². The van der Waals surface area contributed by atoms with Crippen molar-refractivity contribution in [3.8, 4) is 0 Å². The van der Waals surface area contributed by atoms with Crippen molar-refractivity contribution in [3.05, 3.63) is 29.8 Å². The van der Waals surface area contributed by atoms with Gasteiger partial charge in [0, 0.05) is 16.6 Å². The Kier molecular flexibility index (Phi) is 5.50. The molecule has 1 aromatic rings. The third-order valence-corrected chi connectivity index (χ3v) is 5.35. The number of carbonyl (C=O) groups is 1. The third-order valence-electron chi connectivity index (χ3n) is 4.00. The van der Waals surface area contributed by atoms with Gasteiger partial charge in [-0.2, -0.15) is 0 Å². The zero-order valence-electron chi connectivity index (χ0n) is 12.0. The minimum absolute atomic E-state index is 0.353. The van der Waals surface area contributed by atoms with E-state index in [0.717, 1.165) is 18.1 Å². The molecule has 0 N–H and O–H groups in total. The number of aryl methyl sites for hydroxylation is 1. The summed E-state index contributed by atoms with van der Waals surface area (Å²) in [5.41, 5.74) is 1.41. The van der Waals surface area contributed by atoms with E-state index >= 15 is 0 Å². The predicted molar refractivity (Wildman–Crippen MR) is 82.7 cm³/mol. The molecule has 2 heteroatoms. The largest absolute Gasteiger partial charge is 0.300 e. The molecule has 1 aromatic carbocycles. The second-order valence-electron chi connectivity index (χ2n) is 5.66. The number of thioether (sulfide) groups is 1. The van der Waals surface area contributed by atoms with Crippen LogP contribution in [0.1, 0.15) is 51.5 Å². The highest BCUT2D eigenvalue weighted by Crippen LogP contribution is 2.37. The summed E-state index contributed by atoms with van der Waals surface area (Å²) in [5, 5.41) is 0.746. The van der Waals surface area contributed by atoms with Crippen LogP contribution in [0.2, 0.25) is 0 Å². The first-order chi connectivity index (χ1) is 9.17. The van der Waals surface area contributed by atoms with E-state index < -0.39 is 0 Å². The molecule has 0 saturated heterocycles. The maximum Gasteiger partial charge on any atom is 0.130 e. The lowest BCUT2D eigenvalue weighted by Crippen LogP contribution is -2.17. The van der Waals surface area contributed by atoms with Crippen LogP contribution >= 0.6 is 11.8 Å². The van der Waals surface area contributed by atoms with E-state index in [0.29, 0.717) is 11.7 Å². The molecule has 1 aliphatic rings. The van der Waals surface area contributed by atoms with E-state index in [-0.39, 0.29) is 0 Å². The van der Waals surface area contributed by atoms with Crippen LogP contribution in [0.4, 0.5) is 0 Å². The first kappa shape index (κ1) is 14.6. The molecular formula is C17H24OS. The Balaban J connectivity index is 1.80. The Morgan fingerprint density at radius 2 is 1.79 bits per heavy atom. The molecule has 0 bridgehead atoms. The molecule has 1 fully saturated rings. The van der Waals surface area contributed by atoms with Gasteiger partial charge in [-0.1, -0.05) is 19.1 Å². The molecule has 0 unspecified atom stereocenters. The number of hydrogen-bond acceptors (Lipinski definition) is 2. The van der Waals surface area contributed by atoms with Crippen LogP contribution in [-0.4, -0.2) is 11.0 Å². The zero-order chi connectivity index (χ0) is 13.7. The lowest BCUT2D eigenvalue weighted by atomic mass is 9.86. The van der Waals surface area contributed by atoms with Crippen LogP contribution in [-0.2, 0) is 11.2 Å². The molecule has 1 aliphatic carbocycles. The first-order valence-electron chi connectivity index (χ1n) is 7.42. The zero-order valence-corrected chi connectivity index (χ0v) is 12.8. The quantitative estimate of drug-likeness (QED) is 0.762. The number of benzene rings is 1. The average Bonchev–Trinajstić information content (AvgIpc) is 2.41.